The number of pyridine rings is 1. The number of hydrogen-bond acceptors (Lipinski definition) is 1. The second-order valence-corrected chi connectivity index (χ2v) is 13.5. The van der Waals surface area contributed by atoms with Crippen LogP contribution >= 0.6 is 0 Å². The SMILES string of the molecule is c1ccc(-c2cc(-c3ccc(-c4cc(-c5ccccc5)cc(-c5ccccc5)n4)cc3)cc(-c3ccc4c5c(cccc35)-c3ccccc3-4)c2)cc1. The van der Waals surface area contributed by atoms with Gasteiger partial charge in [0.05, 0.1) is 11.4 Å². The summed E-state index contributed by atoms with van der Waals surface area (Å²) in [6.45, 7) is 0. The summed E-state index contributed by atoms with van der Waals surface area (Å²) in [7, 11) is 0. The summed E-state index contributed by atoms with van der Waals surface area (Å²) < 4.78 is 0. The van der Waals surface area contributed by atoms with Gasteiger partial charge >= 0.3 is 0 Å². The van der Waals surface area contributed by atoms with Crippen molar-refractivity contribution in [2.45, 2.75) is 0 Å². The van der Waals surface area contributed by atoms with Gasteiger partial charge in [-0.3, -0.25) is 0 Å². The maximum atomic E-state index is 5.17. The molecule has 0 N–H and O–H groups in total. The number of hydrogen-bond donors (Lipinski definition) is 0. The Labute approximate surface area is 304 Å². The van der Waals surface area contributed by atoms with Gasteiger partial charge in [-0.25, -0.2) is 4.98 Å². The minimum Gasteiger partial charge on any atom is -0.248 e. The van der Waals surface area contributed by atoms with Crippen LogP contribution in [0.2, 0.25) is 0 Å². The fraction of sp³-hybridized carbons (Fsp3) is 0. The quantitative estimate of drug-likeness (QED) is 0.173. The lowest BCUT2D eigenvalue weighted by Gasteiger charge is -2.15. The van der Waals surface area contributed by atoms with Crippen LogP contribution in [0.15, 0.2) is 200 Å². The van der Waals surface area contributed by atoms with E-state index in [1.807, 2.05) is 6.07 Å². The van der Waals surface area contributed by atoms with Crippen LogP contribution < -0.4 is 0 Å². The highest BCUT2D eigenvalue weighted by Crippen LogP contribution is 2.49. The maximum Gasteiger partial charge on any atom is 0.0715 e. The summed E-state index contributed by atoms with van der Waals surface area (Å²) in [5.41, 5.74) is 19.0. The topological polar surface area (TPSA) is 12.9 Å². The van der Waals surface area contributed by atoms with Crippen molar-refractivity contribution in [3.05, 3.63) is 200 Å². The molecule has 52 heavy (non-hydrogen) atoms. The molecule has 242 valence electrons. The highest BCUT2D eigenvalue weighted by Gasteiger charge is 2.22. The molecule has 0 atom stereocenters. The van der Waals surface area contributed by atoms with E-state index >= 15 is 0 Å². The average Bonchev–Trinajstić information content (AvgIpc) is 3.56. The van der Waals surface area contributed by atoms with Gasteiger partial charge in [0.15, 0.2) is 0 Å². The molecule has 0 radical (unpaired) electrons. The monoisotopic (exact) mass is 659 g/mol. The first-order valence-electron chi connectivity index (χ1n) is 17.9. The lowest BCUT2D eigenvalue weighted by Crippen LogP contribution is -1.91. The molecule has 0 bridgehead atoms. The Hall–Kier alpha value is -6.83. The summed E-state index contributed by atoms with van der Waals surface area (Å²) in [4.78, 5) is 5.17. The standard InChI is InChI=1S/C51H33N/c1-4-13-34(14-5-1)39-29-40(31-42(30-39)43-27-28-48-45-20-11-10-19-44(45)47-22-12-21-46(43)51(47)48)36-23-25-38(26-24-36)50-33-41(35-15-6-2-7-16-35)32-49(52-50)37-17-8-3-9-18-37/h1-33H. The van der Waals surface area contributed by atoms with E-state index in [9.17, 15) is 0 Å². The molecule has 1 aliphatic rings. The highest BCUT2D eigenvalue weighted by atomic mass is 14.7. The van der Waals surface area contributed by atoms with Crippen LogP contribution in [0.25, 0.3) is 100 Å². The Kier molecular flexibility index (Phi) is 7.22. The van der Waals surface area contributed by atoms with Crippen LogP contribution in [0.4, 0.5) is 0 Å². The number of aromatic nitrogens is 1. The molecule has 0 amide bonds. The van der Waals surface area contributed by atoms with Gasteiger partial charge in [-0.05, 0) is 108 Å². The normalized spacial score (nSPS) is 11.5. The van der Waals surface area contributed by atoms with Crippen molar-refractivity contribution < 1.29 is 0 Å². The van der Waals surface area contributed by atoms with Crippen molar-refractivity contribution in [1.29, 1.82) is 0 Å². The van der Waals surface area contributed by atoms with Crippen molar-refractivity contribution >= 4 is 10.8 Å². The van der Waals surface area contributed by atoms with Gasteiger partial charge < -0.3 is 0 Å². The first-order chi connectivity index (χ1) is 25.8. The molecule has 0 unspecified atom stereocenters. The van der Waals surface area contributed by atoms with E-state index < -0.39 is 0 Å². The average molecular weight is 660 g/mol. The van der Waals surface area contributed by atoms with E-state index in [0.717, 1.165) is 28.1 Å². The van der Waals surface area contributed by atoms with E-state index in [1.54, 1.807) is 0 Å². The summed E-state index contributed by atoms with van der Waals surface area (Å²) in [5, 5.41) is 2.63. The molecule has 1 heterocycles. The molecule has 10 rings (SSSR count). The minimum atomic E-state index is 0.958. The van der Waals surface area contributed by atoms with Crippen molar-refractivity contribution in [1.82, 2.24) is 4.98 Å². The van der Waals surface area contributed by atoms with E-state index in [2.05, 4.69) is 194 Å². The van der Waals surface area contributed by atoms with Gasteiger partial charge in [-0.2, -0.15) is 0 Å². The Bertz CT molecular complexity index is 2660. The number of benzene rings is 8. The van der Waals surface area contributed by atoms with Gasteiger partial charge in [0.2, 0.25) is 0 Å². The Morgan fingerprint density at radius 1 is 0.231 bits per heavy atom. The molecule has 9 aromatic rings. The molecule has 1 aliphatic carbocycles. The zero-order valence-electron chi connectivity index (χ0n) is 28.5. The zero-order valence-corrected chi connectivity index (χ0v) is 28.5. The van der Waals surface area contributed by atoms with E-state index in [1.165, 1.54) is 72.0 Å². The zero-order chi connectivity index (χ0) is 34.4. The van der Waals surface area contributed by atoms with Crippen LogP contribution in [0.1, 0.15) is 0 Å². The van der Waals surface area contributed by atoms with Crippen LogP contribution in [0.3, 0.4) is 0 Å². The number of rotatable bonds is 6. The van der Waals surface area contributed by atoms with Gasteiger partial charge in [-0.15, -0.1) is 0 Å². The second-order valence-electron chi connectivity index (χ2n) is 13.5. The molecular formula is C51H33N. The summed E-state index contributed by atoms with van der Waals surface area (Å²) in [6, 6.07) is 72.2. The predicted octanol–water partition coefficient (Wildman–Crippen LogP) is 13.9. The number of fused-ring (bicyclic) bond motifs is 3. The maximum absolute atomic E-state index is 5.17. The van der Waals surface area contributed by atoms with Crippen molar-refractivity contribution in [2.75, 3.05) is 0 Å². The van der Waals surface area contributed by atoms with Gasteiger partial charge in [0.25, 0.3) is 0 Å². The highest BCUT2D eigenvalue weighted by molar-refractivity contribution is 6.18. The molecule has 1 aromatic heterocycles. The van der Waals surface area contributed by atoms with E-state index in [0.29, 0.717) is 0 Å². The molecule has 0 fully saturated rings. The molecule has 8 aromatic carbocycles. The first kappa shape index (κ1) is 30.0. The molecule has 1 nitrogen and oxygen atoms in total. The Morgan fingerprint density at radius 2 is 0.635 bits per heavy atom. The van der Waals surface area contributed by atoms with Gasteiger partial charge in [-0.1, -0.05) is 170 Å². The van der Waals surface area contributed by atoms with Crippen molar-refractivity contribution in [3.8, 4) is 89.3 Å². The smallest absolute Gasteiger partial charge is 0.0715 e. The van der Waals surface area contributed by atoms with Gasteiger partial charge in [0.1, 0.15) is 0 Å². The Balaban J connectivity index is 1.09. The summed E-state index contributed by atoms with van der Waals surface area (Å²) >= 11 is 0. The molecule has 1 heteroatoms. The van der Waals surface area contributed by atoms with Crippen LogP contribution in [0.5, 0.6) is 0 Å². The van der Waals surface area contributed by atoms with E-state index in [4.69, 9.17) is 4.98 Å². The fourth-order valence-electron chi connectivity index (χ4n) is 7.87. The molecule has 0 spiro atoms. The van der Waals surface area contributed by atoms with E-state index in [-0.39, 0.29) is 0 Å². The van der Waals surface area contributed by atoms with Crippen LogP contribution in [-0.2, 0) is 0 Å². The van der Waals surface area contributed by atoms with Crippen LogP contribution in [-0.4, -0.2) is 4.98 Å². The van der Waals surface area contributed by atoms with Crippen molar-refractivity contribution in [3.63, 3.8) is 0 Å². The molecule has 0 saturated carbocycles. The molecule has 0 saturated heterocycles. The number of nitrogens with zero attached hydrogens (tertiary/aromatic N) is 1. The molecular weight excluding hydrogens is 627 g/mol. The minimum absolute atomic E-state index is 0.958. The Morgan fingerprint density at radius 3 is 1.23 bits per heavy atom. The largest absolute Gasteiger partial charge is 0.248 e. The first-order valence-corrected chi connectivity index (χ1v) is 17.9. The van der Waals surface area contributed by atoms with Gasteiger partial charge in [0, 0.05) is 11.1 Å². The predicted molar refractivity (Wildman–Crippen MR) is 219 cm³/mol. The van der Waals surface area contributed by atoms with Crippen LogP contribution in [0, 0.1) is 0 Å². The third-order valence-electron chi connectivity index (χ3n) is 10.4. The summed E-state index contributed by atoms with van der Waals surface area (Å²) in [5.74, 6) is 0. The molecule has 0 aliphatic heterocycles. The third kappa shape index (κ3) is 5.23. The third-order valence-corrected chi connectivity index (χ3v) is 10.4. The second kappa shape index (κ2) is 12.5. The lowest BCUT2D eigenvalue weighted by atomic mass is 9.89. The fourth-order valence-corrected chi connectivity index (χ4v) is 7.87. The summed E-state index contributed by atoms with van der Waals surface area (Å²) in [6.07, 6.45) is 0. The lowest BCUT2D eigenvalue weighted by molar-refractivity contribution is 1.32. The van der Waals surface area contributed by atoms with Crippen molar-refractivity contribution in [2.24, 2.45) is 0 Å².